The molecule has 0 saturated heterocycles. The zero-order valence-corrected chi connectivity index (χ0v) is 20.9. The second-order valence-corrected chi connectivity index (χ2v) is 9.43. The number of amides is 1. The molecular formula is C26H21F5N8O. The Morgan fingerprint density at radius 3 is 2.83 bits per heavy atom. The van der Waals surface area contributed by atoms with Gasteiger partial charge in [-0.3, -0.25) is 9.48 Å². The van der Waals surface area contributed by atoms with E-state index in [2.05, 4.69) is 26.1 Å². The molecule has 4 heterocycles. The summed E-state index contributed by atoms with van der Waals surface area (Å²) in [7, 11) is 0. The van der Waals surface area contributed by atoms with Crippen LogP contribution < -0.4 is 10.2 Å². The van der Waals surface area contributed by atoms with Gasteiger partial charge in [0.15, 0.2) is 0 Å². The van der Waals surface area contributed by atoms with Gasteiger partial charge >= 0.3 is 6.18 Å². The molecule has 1 unspecified atom stereocenters. The van der Waals surface area contributed by atoms with Gasteiger partial charge in [-0.15, -0.1) is 0 Å². The maximum absolute atomic E-state index is 15.2. The lowest BCUT2D eigenvalue weighted by molar-refractivity contribution is -0.149. The first-order valence-corrected chi connectivity index (χ1v) is 12.0. The van der Waals surface area contributed by atoms with Gasteiger partial charge in [0.25, 0.3) is 5.91 Å². The Balaban J connectivity index is 1.45. The molecule has 2 atom stereocenters. The van der Waals surface area contributed by atoms with E-state index in [-0.39, 0.29) is 18.7 Å². The number of anilines is 1. The molecular weight excluding hydrogens is 535 g/mol. The Kier molecular flexibility index (Phi) is 6.74. The Bertz CT molecular complexity index is 1650. The van der Waals surface area contributed by atoms with Crippen molar-refractivity contribution in [3.05, 3.63) is 72.6 Å². The van der Waals surface area contributed by atoms with E-state index in [1.165, 1.54) is 17.4 Å². The third-order valence-corrected chi connectivity index (χ3v) is 6.78. The summed E-state index contributed by atoms with van der Waals surface area (Å²) in [4.78, 5) is 25.1. The first-order chi connectivity index (χ1) is 19.0. The molecule has 0 bridgehead atoms. The van der Waals surface area contributed by atoms with Crippen LogP contribution in [0.5, 0.6) is 0 Å². The number of hydrogen-bond acceptors (Lipinski definition) is 6. The van der Waals surface area contributed by atoms with Gasteiger partial charge in [-0.1, -0.05) is 6.08 Å². The fraction of sp³-hybridized carbons (Fsp3) is 0.269. The normalized spacial score (nSPS) is 18.1. The van der Waals surface area contributed by atoms with E-state index in [4.69, 9.17) is 0 Å². The first kappa shape index (κ1) is 26.8. The third kappa shape index (κ3) is 4.86. The summed E-state index contributed by atoms with van der Waals surface area (Å²) < 4.78 is 70.1. The fourth-order valence-electron chi connectivity index (χ4n) is 4.61. The Morgan fingerprint density at radius 1 is 1.27 bits per heavy atom. The van der Waals surface area contributed by atoms with E-state index >= 15 is 4.39 Å². The molecule has 0 radical (unpaired) electrons. The molecule has 9 nitrogen and oxygen atoms in total. The molecule has 4 aromatic rings. The highest BCUT2D eigenvalue weighted by molar-refractivity contribution is 5.95. The monoisotopic (exact) mass is 556 g/mol. The van der Waals surface area contributed by atoms with Crippen molar-refractivity contribution in [1.29, 1.82) is 5.26 Å². The van der Waals surface area contributed by atoms with Crippen LogP contribution in [0.15, 0.2) is 55.4 Å². The number of fused-ring (bicyclic) bond motifs is 1. The smallest absolute Gasteiger partial charge is 0.346 e. The number of aromatic amines is 1. The average Bonchev–Trinajstić information content (AvgIpc) is 3.60. The van der Waals surface area contributed by atoms with Gasteiger partial charge in [0.05, 0.1) is 41.2 Å². The van der Waals surface area contributed by atoms with Crippen molar-refractivity contribution in [3.63, 3.8) is 0 Å². The summed E-state index contributed by atoms with van der Waals surface area (Å²) in [5, 5.41) is 16.5. The number of H-pyrrole nitrogens is 1. The minimum atomic E-state index is -4.75. The molecule has 3 aromatic heterocycles. The number of nitriles is 1. The molecule has 0 saturated carbocycles. The molecule has 0 spiro atoms. The standard InChI is InChI=1S/C26H21F5N8O/c1-15(26(29,30)31)37-24(40)18-9-20(28)21(10-19(18)27)38-8-2-4-25(13-38,5-6-32)39-12-16(11-36-39)22-17-3-7-33-23(17)35-14-34-22/h2-3,7-12,14-15H,4-5,13H2,1H3,(H,37,40)(H,33,34,35)/t15-,25?/m0/s1. The highest BCUT2D eigenvalue weighted by atomic mass is 19.4. The van der Waals surface area contributed by atoms with Crippen molar-refractivity contribution < 1.29 is 26.7 Å². The topological polar surface area (TPSA) is 116 Å². The summed E-state index contributed by atoms with van der Waals surface area (Å²) in [5.74, 6) is -3.62. The number of hydrogen-bond donors (Lipinski definition) is 2. The van der Waals surface area contributed by atoms with E-state index in [9.17, 15) is 27.6 Å². The Morgan fingerprint density at radius 2 is 2.08 bits per heavy atom. The minimum Gasteiger partial charge on any atom is -0.346 e. The lowest BCUT2D eigenvalue weighted by atomic mass is 9.88. The summed E-state index contributed by atoms with van der Waals surface area (Å²) >= 11 is 0. The van der Waals surface area contributed by atoms with Crippen molar-refractivity contribution in [3.8, 4) is 17.3 Å². The molecule has 0 aliphatic carbocycles. The van der Waals surface area contributed by atoms with Crippen LogP contribution >= 0.6 is 0 Å². The predicted molar refractivity (Wildman–Crippen MR) is 134 cm³/mol. The van der Waals surface area contributed by atoms with Crippen LogP contribution in [0.4, 0.5) is 27.6 Å². The molecule has 5 rings (SSSR count). The van der Waals surface area contributed by atoms with Crippen LogP contribution in [0.2, 0.25) is 0 Å². The predicted octanol–water partition coefficient (Wildman–Crippen LogP) is 4.81. The SMILES string of the molecule is C[C@H](NC(=O)c1cc(F)c(N2C=CCC(CC#N)(n3cc(-c4ncnc5[nH]ccc45)cn3)C2)cc1F)C(F)(F)F. The molecule has 1 aromatic carbocycles. The summed E-state index contributed by atoms with van der Waals surface area (Å²) in [6, 6.07) is 3.01. The van der Waals surface area contributed by atoms with Crippen LogP contribution in [0.3, 0.4) is 0 Å². The number of nitrogens with one attached hydrogen (secondary N) is 2. The summed E-state index contributed by atoms with van der Waals surface area (Å²) in [6.07, 6.45) is 5.21. The quantitative estimate of drug-likeness (QED) is 0.330. The highest BCUT2D eigenvalue weighted by Gasteiger charge is 2.39. The number of allylic oxidation sites excluding steroid dienone is 1. The zero-order valence-electron chi connectivity index (χ0n) is 20.9. The summed E-state index contributed by atoms with van der Waals surface area (Å²) in [6.45, 7) is 0.703. The van der Waals surface area contributed by atoms with Crippen molar-refractivity contribution >= 4 is 22.6 Å². The molecule has 40 heavy (non-hydrogen) atoms. The van der Waals surface area contributed by atoms with Crippen molar-refractivity contribution in [2.24, 2.45) is 0 Å². The van der Waals surface area contributed by atoms with Crippen LogP contribution in [-0.4, -0.2) is 49.4 Å². The number of alkyl halides is 3. The molecule has 2 N–H and O–H groups in total. The molecule has 1 amide bonds. The molecule has 1 aliphatic rings. The second-order valence-electron chi connectivity index (χ2n) is 9.43. The number of carbonyl (C=O) groups is 1. The van der Waals surface area contributed by atoms with E-state index in [1.54, 1.807) is 34.7 Å². The van der Waals surface area contributed by atoms with Gasteiger partial charge in [0.2, 0.25) is 0 Å². The van der Waals surface area contributed by atoms with E-state index in [0.717, 1.165) is 11.5 Å². The van der Waals surface area contributed by atoms with Crippen LogP contribution in [0.25, 0.3) is 22.3 Å². The van der Waals surface area contributed by atoms with Crippen molar-refractivity contribution in [1.82, 2.24) is 30.0 Å². The zero-order chi connectivity index (χ0) is 28.7. The van der Waals surface area contributed by atoms with Gasteiger partial charge in [-0.05, 0) is 25.5 Å². The number of aromatic nitrogens is 5. The number of benzene rings is 1. The van der Waals surface area contributed by atoms with Gasteiger partial charge < -0.3 is 15.2 Å². The number of halogens is 5. The third-order valence-electron chi connectivity index (χ3n) is 6.78. The molecule has 14 heteroatoms. The van der Waals surface area contributed by atoms with Crippen molar-refractivity contribution in [2.75, 3.05) is 11.4 Å². The largest absolute Gasteiger partial charge is 0.408 e. The lowest BCUT2D eigenvalue weighted by Gasteiger charge is -2.39. The van der Waals surface area contributed by atoms with Gasteiger partial charge in [0, 0.05) is 42.2 Å². The van der Waals surface area contributed by atoms with Crippen molar-refractivity contribution in [2.45, 2.75) is 37.5 Å². The Hall–Kier alpha value is -4.80. The lowest BCUT2D eigenvalue weighted by Crippen LogP contribution is -2.46. The highest BCUT2D eigenvalue weighted by Crippen LogP contribution is 2.36. The molecule has 1 aliphatic heterocycles. The van der Waals surface area contributed by atoms with Crippen LogP contribution in [-0.2, 0) is 5.54 Å². The van der Waals surface area contributed by atoms with Gasteiger partial charge in [-0.25, -0.2) is 18.7 Å². The van der Waals surface area contributed by atoms with Gasteiger partial charge in [0.1, 0.15) is 29.7 Å². The van der Waals surface area contributed by atoms with E-state index in [1.807, 2.05) is 6.07 Å². The van der Waals surface area contributed by atoms with Crippen LogP contribution in [0.1, 0.15) is 30.1 Å². The fourth-order valence-corrected chi connectivity index (χ4v) is 4.61. The van der Waals surface area contributed by atoms with Gasteiger partial charge in [-0.2, -0.15) is 23.5 Å². The number of nitrogens with zero attached hydrogens (tertiary/aromatic N) is 6. The molecule has 0 fully saturated rings. The van der Waals surface area contributed by atoms with E-state index < -0.39 is 40.9 Å². The first-order valence-electron chi connectivity index (χ1n) is 12.0. The number of carbonyl (C=O) groups excluding carboxylic acids is 1. The maximum Gasteiger partial charge on any atom is 0.408 e. The van der Waals surface area contributed by atoms with E-state index in [0.29, 0.717) is 36.3 Å². The molecule has 206 valence electrons. The Labute approximate surface area is 223 Å². The average molecular weight is 556 g/mol. The van der Waals surface area contributed by atoms with Crippen LogP contribution in [0, 0.1) is 23.0 Å². The maximum atomic E-state index is 15.2. The number of rotatable bonds is 6. The minimum absolute atomic E-state index is 0.00846. The summed E-state index contributed by atoms with van der Waals surface area (Å²) in [5.41, 5.74) is -0.181. The second kappa shape index (κ2) is 10.1.